The Labute approximate surface area is 134 Å². The van der Waals surface area contributed by atoms with Crippen LogP contribution in [-0.4, -0.2) is 30.8 Å². The second kappa shape index (κ2) is 5.99. The van der Waals surface area contributed by atoms with E-state index in [-0.39, 0.29) is 16.4 Å². The molecule has 0 fully saturated rings. The van der Waals surface area contributed by atoms with Gasteiger partial charge in [0.25, 0.3) is 10.0 Å². The molecule has 0 aliphatic heterocycles. The van der Waals surface area contributed by atoms with Crippen LogP contribution in [-0.2, 0) is 14.8 Å². The van der Waals surface area contributed by atoms with Crippen molar-refractivity contribution >= 4 is 44.0 Å². The molecule has 3 rings (SSSR count). The summed E-state index contributed by atoms with van der Waals surface area (Å²) in [6, 6.07) is 7.91. The molecule has 0 atom stereocenters. The maximum atomic E-state index is 11.9. The van der Waals surface area contributed by atoms with E-state index < -0.39 is 15.9 Å². The summed E-state index contributed by atoms with van der Waals surface area (Å²) >= 11 is 1.07. The first-order valence-corrected chi connectivity index (χ1v) is 8.85. The minimum atomic E-state index is -3.68. The molecule has 0 bridgehead atoms. The molecule has 0 unspecified atom stereocenters. The molecular formula is C13H12N4O4S2. The maximum Gasteiger partial charge on any atom is 0.323 e. The largest absolute Gasteiger partial charge is 0.325 e. The number of thiophene rings is 1. The molecule has 0 spiro atoms. The third-order valence-corrected chi connectivity index (χ3v) is 5.78. The Morgan fingerprint density at radius 1 is 1.17 bits per heavy atom. The Bertz CT molecular complexity index is 1000. The fourth-order valence-electron chi connectivity index (χ4n) is 1.96. The van der Waals surface area contributed by atoms with Crippen LogP contribution in [0, 0.1) is 0 Å². The van der Waals surface area contributed by atoms with Gasteiger partial charge in [0.2, 0.25) is 5.91 Å². The van der Waals surface area contributed by atoms with Gasteiger partial charge in [-0.1, -0.05) is 6.07 Å². The average Bonchev–Trinajstić information content (AvgIpc) is 3.13. The summed E-state index contributed by atoms with van der Waals surface area (Å²) in [5.74, 6) is -0.512. The highest BCUT2D eigenvalue weighted by molar-refractivity contribution is 7.91. The van der Waals surface area contributed by atoms with Gasteiger partial charge < -0.3 is 15.3 Å². The van der Waals surface area contributed by atoms with E-state index in [0.29, 0.717) is 16.7 Å². The third-order valence-electron chi connectivity index (χ3n) is 2.98. The lowest BCUT2D eigenvalue weighted by atomic mass is 10.3. The number of hydrogen-bond acceptors (Lipinski definition) is 5. The quantitative estimate of drug-likeness (QED) is 0.543. The number of nitrogens with one attached hydrogen (secondary N) is 4. The van der Waals surface area contributed by atoms with Gasteiger partial charge in [-0.15, -0.1) is 11.3 Å². The summed E-state index contributed by atoms with van der Waals surface area (Å²) in [6.07, 6.45) is 0. The first kappa shape index (κ1) is 15.5. The molecule has 0 radical (unpaired) electrons. The van der Waals surface area contributed by atoms with Gasteiger partial charge in [-0.05, 0) is 29.6 Å². The van der Waals surface area contributed by atoms with Gasteiger partial charge in [-0.25, -0.2) is 17.9 Å². The summed E-state index contributed by atoms with van der Waals surface area (Å²) in [5, 5.41) is 4.20. The molecule has 120 valence electrons. The number of rotatable bonds is 5. The van der Waals surface area contributed by atoms with Crippen LogP contribution < -0.4 is 15.7 Å². The zero-order chi connectivity index (χ0) is 16.4. The number of amides is 1. The van der Waals surface area contributed by atoms with Crippen LogP contribution in [0.25, 0.3) is 11.0 Å². The Kier molecular flexibility index (Phi) is 4.03. The van der Waals surface area contributed by atoms with Gasteiger partial charge in [0, 0.05) is 5.69 Å². The van der Waals surface area contributed by atoms with Crippen LogP contribution in [0.5, 0.6) is 0 Å². The predicted molar refractivity (Wildman–Crippen MR) is 87.1 cm³/mol. The number of hydrogen-bond donors (Lipinski definition) is 4. The highest BCUT2D eigenvalue weighted by Gasteiger charge is 2.16. The van der Waals surface area contributed by atoms with E-state index in [1.807, 2.05) is 0 Å². The van der Waals surface area contributed by atoms with Crippen molar-refractivity contribution in [3.8, 4) is 0 Å². The minimum Gasteiger partial charge on any atom is -0.325 e. The van der Waals surface area contributed by atoms with E-state index in [9.17, 15) is 18.0 Å². The molecule has 1 aromatic carbocycles. The minimum absolute atomic E-state index is 0.150. The first-order chi connectivity index (χ1) is 10.9. The van der Waals surface area contributed by atoms with Crippen LogP contribution in [0.2, 0.25) is 0 Å². The van der Waals surface area contributed by atoms with Crippen molar-refractivity contribution in [2.45, 2.75) is 4.21 Å². The highest BCUT2D eigenvalue weighted by Crippen LogP contribution is 2.16. The number of benzene rings is 1. The molecule has 0 aliphatic rings. The van der Waals surface area contributed by atoms with Gasteiger partial charge in [0.15, 0.2) is 0 Å². The van der Waals surface area contributed by atoms with Crippen LogP contribution in [0.4, 0.5) is 5.69 Å². The van der Waals surface area contributed by atoms with Crippen molar-refractivity contribution in [1.29, 1.82) is 0 Å². The Morgan fingerprint density at radius 3 is 2.70 bits per heavy atom. The fourth-order valence-corrected chi connectivity index (χ4v) is 3.98. The van der Waals surface area contributed by atoms with Gasteiger partial charge in [-0.3, -0.25) is 4.79 Å². The SMILES string of the molecule is O=C(CNS(=O)(=O)c1cccs1)Nc1ccc2[nH]c(=O)[nH]c2c1. The van der Waals surface area contributed by atoms with Gasteiger partial charge in [0.05, 0.1) is 17.6 Å². The Hall–Kier alpha value is -2.43. The standard InChI is InChI=1S/C13H12N4O4S2/c18-11(7-14-23(20,21)12-2-1-5-22-12)15-8-3-4-9-10(6-8)17-13(19)16-9/h1-6,14H,7H2,(H,15,18)(H2,16,17,19). The van der Waals surface area contributed by atoms with E-state index in [1.165, 1.54) is 6.07 Å². The van der Waals surface area contributed by atoms with Crippen molar-refractivity contribution in [1.82, 2.24) is 14.7 Å². The molecule has 8 nitrogen and oxygen atoms in total. The smallest absolute Gasteiger partial charge is 0.323 e. The van der Waals surface area contributed by atoms with E-state index in [1.54, 1.807) is 29.6 Å². The van der Waals surface area contributed by atoms with Crippen molar-refractivity contribution in [2.24, 2.45) is 0 Å². The molecule has 0 saturated heterocycles. The topological polar surface area (TPSA) is 124 Å². The monoisotopic (exact) mass is 352 g/mol. The first-order valence-electron chi connectivity index (χ1n) is 6.49. The van der Waals surface area contributed by atoms with E-state index in [0.717, 1.165) is 11.3 Å². The molecule has 3 aromatic rings. The summed E-state index contributed by atoms with van der Waals surface area (Å²) in [7, 11) is -3.68. The summed E-state index contributed by atoms with van der Waals surface area (Å²) in [6.45, 7) is -0.387. The number of carbonyl (C=O) groups excluding carboxylic acids is 1. The van der Waals surface area contributed by atoms with Crippen LogP contribution in [0.1, 0.15) is 0 Å². The molecule has 4 N–H and O–H groups in total. The third kappa shape index (κ3) is 3.50. The van der Waals surface area contributed by atoms with Crippen molar-refractivity contribution < 1.29 is 13.2 Å². The van der Waals surface area contributed by atoms with Crippen LogP contribution in [0.15, 0.2) is 44.7 Å². The second-order valence-corrected chi connectivity index (χ2v) is 7.59. The molecule has 0 aliphatic carbocycles. The number of fused-ring (bicyclic) bond motifs is 1. The molecule has 1 amide bonds. The molecule has 23 heavy (non-hydrogen) atoms. The summed E-state index contributed by atoms with van der Waals surface area (Å²) in [4.78, 5) is 28.2. The normalized spacial score (nSPS) is 11.7. The number of sulfonamides is 1. The number of imidazole rings is 1. The van der Waals surface area contributed by atoms with Crippen LogP contribution in [0.3, 0.4) is 0 Å². The Balaban J connectivity index is 1.65. The number of H-pyrrole nitrogens is 2. The van der Waals surface area contributed by atoms with Crippen LogP contribution >= 0.6 is 11.3 Å². The number of anilines is 1. The predicted octanol–water partition coefficient (Wildman–Crippen LogP) is 0.835. The highest BCUT2D eigenvalue weighted by atomic mass is 32.2. The molecule has 0 saturated carbocycles. The van der Waals surface area contributed by atoms with Crippen molar-refractivity contribution in [3.63, 3.8) is 0 Å². The van der Waals surface area contributed by atoms with E-state index in [4.69, 9.17) is 0 Å². The fraction of sp³-hybridized carbons (Fsp3) is 0.0769. The van der Waals surface area contributed by atoms with Crippen molar-refractivity contribution in [3.05, 3.63) is 46.2 Å². The lowest BCUT2D eigenvalue weighted by Gasteiger charge is -2.06. The molecule has 10 heteroatoms. The summed E-state index contributed by atoms with van der Waals surface area (Å²) < 4.78 is 26.2. The molecular weight excluding hydrogens is 340 g/mol. The number of carbonyl (C=O) groups is 1. The molecule has 2 aromatic heterocycles. The van der Waals surface area contributed by atoms with Crippen molar-refractivity contribution in [2.75, 3.05) is 11.9 Å². The van der Waals surface area contributed by atoms with Gasteiger partial charge >= 0.3 is 5.69 Å². The van der Waals surface area contributed by atoms with E-state index >= 15 is 0 Å². The maximum absolute atomic E-state index is 11.9. The zero-order valence-corrected chi connectivity index (χ0v) is 13.3. The average molecular weight is 352 g/mol. The van der Waals surface area contributed by atoms with E-state index in [2.05, 4.69) is 20.0 Å². The second-order valence-electron chi connectivity index (χ2n) is 4.64. The zero-order valence-electron chi connectivity index (χ0n) is 11.6. The lowest BCUT2D eigenvalue weighted by molar-refractivity contribution is -0.115. The lowest BCUT2D eigenvalue weighted by Crippen LogP contribution is -2.32. The van der Waals surface area contributed by atoms with Gasteiger partial charge in [-0.2, -0.15) is 0 Å². The summed E-state index contributed by atoms with van der Waals surface area (Å²) in [5.41, 5.74) is 1.28. The number of aromatic nitrogens is 2. The number of aromatic amines is 2. The molecule has 2 heterocycles. The Morgan fingerprint density at radius 2 is 1.96 bits per heavy atom. The van der Waals surface area contributed by atoms with Gasteiger partial charge in [0.1, 0.15) is 4.21 Å².